The Kier molecular flexibility index (Phi) is 7.32. The third-order valence-electron chi connectivity index (χ3n) is 7.37. The van der Waals surface area contributed by atoms with Crippen LogP contribution in [0.2, 0.25) is 0 Å². The molecule has 212 valence electrons. The zero-order valence-electron chi connectivity index (χ0n) is 23.2. The molecule has 0 bridgehead atoms. The summed E-state index contributed by atoms with van der Waals surface area (Å²) in [5, 5.41) is 5.16. The molecule has 0 unspecified atom stereocenters. The molecule has 1 N–H and O–H groups in total. The monoisotopic (exact) mass is 557 g/mol. The van der Waals surface area contributed by atoms with Crippen LogP contribution in [-0.4, -0.2) is 80.1 Å². The van der Waals surface area contributed by atoms with E-state index >= 15 is 4.39 Å². The number of nitrogens with one attached hydrogen (secondary N) is 1. The summed E-state index contributed by atoms with van der Waals surface area (Å²) in [5.41, 5.74) is 0.785. The van der Waals surface area contributed by atoms with Crippen LogP contribution in [0, 0.1) is 5.82 Å². The zero-order valence-corrected chi connectivity index (χ0v) is 23.2. The van der Waals surface area contributed by atoms with Crippen LogP contribution in [0.5, 0.6) is 11.5 Å². The molecule has 9 nitrogen and oxygen atoms in total. The predicted molar refractivity (Wildman–Crippen MR) is 159 cm³/mol. The van der Waals surface area contributed by atoms with Gasteiger partial charge in [0.25, 0.3) is 5.91 Å². The van der Waals surface area contributed by atoms with Crippen molar-refractivity contribution in [1.29, 1.82) is 0 Å². The number of aliphatic imine (C=N–C) groups is 1. The molecule has 41 heavy (non-hydrogen) atoms. The Bertz CT molecular complexity index is 1730. The van der Waals surface area contributed by atoms with E-state index in [-0.39, 0.29) is 22.4 Å². The molecule has 10 heteroatoms. The number of nitrogens with zero attached hydrogens (tertiary/aromatic N) is 4. The van der Waals surface area contributed by atoms with E-state index in [0.717, 1.165) is 23.6 Å². The van der Waals surface area contributed by atoms with Gasteiger partial charge in [-0.2, -0.15) is 0 Å². The summed E-state index contributed by atoms with van der Waals surface area (Å²) >= 11 is 0. The molecule has 3 aromatic carbocycles. The molecule has 2 aliphatic heterocycles. The number of morpholine rings is 1. The third-order valence-corrected chi connectivity index (χ3v) is 7.37. The van der Waals surface area contributed by atoms with Crippen LogP contribution in [0.15, 0.2) is 58.4 Å². The van der Waals surface area contributed by atoms with E-state index in [9.17, 15) is 9.59 Å². The van der Waals surface area contributed by atoms with Gasteiger partial charge in [0.1, 0.15) is 16.8 Å². The number of hydrogen-bond acceptors (Lipinski definition) is 6. The second-order valence-corrected chi connectivity index (χ2v) is 10.5. The molecule has 1 aromatic heterocycles. The number of carbonyl (C=O) groups is 1. The number of hydrogen-bond donors (Lipinski definition) is 1. The van der Waals surface area contributed by atoms with E-state index in [2.05, 4.69) is 10.3 Å². The summed E-state index contributed by atoms with van der Waals surface area (Å²) in [6, 6.07) is 12.8. The van der Waals surface area contributed by atoms with Crippen molar-refractivity contribution in [3.63, 3.8) is 0 Å². The maximum absolute atomic E-state index is 15.7. The standard InChI is InChI=1S/C31H32FN5O4/c1-35(2)19-33-11-5-6-12-34-26-24(32)17-22-28-30(26)41-25-10-9-20-7-3-4-8-21(20)27(25)37(28)18-23(29(22)38)31(39)36-13-15-40-16-14-36/h3-4,7-10,17-19,34H,5-6,11-16H2,1-2H3. The van der Waals surface area contributed by atoms with Crippen LogP contribution in [0.25, 0.3) is 27.4 Å². The van der Waals surface area contributed by atoms with E-state index in [1.54, 1.807) is 17.4 Å². The molecule has 1 fully saturated rings. The topological polar surface area (TPSA) is 88.4 Å². The van der Waals surface area contributed by atoms with Crippen molar-refractivity contribution in [3.05, 3.63) is 70.3 Å². The molecule has 0 atom stereocenters. The van der Waals surface area contributed by atoms with Gasteiger partial charge in [-0.15, -0.1) is 0 Å². The summed E-state index contributed by atoms with van der Waals surface area (Å²) in [4.78, 5) is 35.1. The van der Waals surface area contributed by atoms with Crippen molar-refractivity contribution in [3.8, 4) is 17.2 Å². The SMILES string of the molecule is CN(C)C=NCCCCNc1c(F)cc2c(=O)c(C(=O)N3CCOCC3)cn3c2c1Oc1ccc2ccccc2c1-3. The van der Waals surface area contributed by atoms with Gasteiger partial charge in [0.2, 0.25) is 5.43 Å². The zero-order chi connectivity index (χ0) is 28.5. The number of ether oxygens (including phenoxy) is 2. The predicted octanol–water partition coefficient (Wildman–Crippen LogP) is 4.64. The second-order valence-electron chi connectivity index (χ2n) is 10.5. The van der Waals surface area contributed by atoms with Crippen LogP contribution >= 0.6 is 0 Å². The fourth-order valence-electron chi connectivity index (χ4n) is 5.39. The molecule has 6 rings (SSSR count). The van der Waals surface area contributed by atoms with Crippen LogP contribution < -0.4 is 15.5 Å². The molecule has 4 aromatic rings. The smallest absolute Gasteiger partial charge is 0.259 e. The number of aromatic nitrogens is 1. The lowest BCUT2D eigenvalue weighted by Crippen LogP contribution is -2.42. The normalized spacial score (nSPS) is 14.4. The summed E-state index contributed by atoms with van der Waals surface area (Å²) in [6.45, 7) is 2.76. The minimum Gasteiger partial charge on any atom is -0.451 e. The summed E-state index contributed by atoms with van der Waals surface area (Å²) in [7, 11) is 3.84. The van der Waals surface area contributed by atoms with Crippen molar-refractivity contribution in [1.82, 2.24) is 14.4 Å². The van der Waals surface area contributed by atoms with Gasteiger partial charge in [0.05, 0.1) is 30.6 Å². The Balaban J connectivity index is 1.46. The average molecular weight is 558 g/mol. The van der Waals surface area contributed by atoms with Gasteiger partial charge in [0, 0.05) is 51.9 Å². The fraction of sp³-hybridized carbons (Fsp3) is 0.323. The van der Waals surface area contributed by atoms with Gasteiger partial charge < -0.3 is 29.2 Å². The number of amides is 1. The first-order valence-corrected chi connectivity index (χ1v) is 13.8. The number of anilines is 1. The molecule has 0 spiro atoms. The van der Waals surface area contributed by atoms with Crippen molar-refractivity contribution < 1.29 is 18.7 Å². The lowest BCUT2D eigenvalue weighted by molar-refractivity contribution is 0.0302. The van der Waals surface area contributed by atoms with Gasteiger partial charge in [-0.3, -0.25) is 14.6 Å². The van der Waals surface area contributed by atoms with Crippen molar-refractivity contribution in [2.75, 3.05) is 58.8 Å². The molecular formula is C31H32FN5O4. The first-order valence-electron chi connectivity index (χ1n) is 13.8. The number of fused-ring (bicyclic) bond motifs is 4. The van der Waals surface area contributed by atoms with E-state index in [1.165, 1.54) is 6.07 Å². The number of unbranched alkanes of at least 4 members (excludes halogenated alkanes) is 1. The van der Waals surface area contributed by atoms with E-state index < -0.39 is 17.2 Å². The number of carbonyl (C=O) groups excluding carboxylic acids is 1. The molecule has 0 radical (unpaired) electrons. The van der Waals surface area contributed by atoms with Gasteiger partial charge in [-0.05, 0) is 30.4 Å². The van der Waals surface area contributed by atoms with Gasteiger partial charge in [0.15, 0.2) is 17.3 Å². The lowest BCUT2D eigenvalue weighted by atomic mass is 10.0. The fourth-order valence-corrected chi connectivity index (χ4v) is 5.39. The van der Waals surface area contributed by atoms with Crippen molar-refractivity contribution in [2.24, 2.45) is 4.99 Å². The highest BCUT2D eigenvalue weighted by atomic mass is 19.1. The highest BCUT2D eigenvalue weighted by molar-refractivity contribution is 6.04. The maximum atomic E-state index is 15.7. The summed E-state index contributed by atoms with van der Waals surface area (Å²) in [5.74, 6) is -0.256. The van der Waals surface area contributed by atoms with E-state index in [0.29, 0.717) is 56.3 Å². The molecular weight excluding hydrogens is 525 g/mol. The molecule has 1 amide bonds. The number of pyridine rings is 1. The molecule has 0 aliphatic carbocycles. The summed E-state index contributed by atoms with van der Waals surface area (Å²) < 4.78 is 29.3. The highest BCUT2D eigenvalue weighted by Crippen LogP contribution is 2.47. The van der Waals surface area contributed by atoms with Gasteiger partial charge in [-0.1, -0.05) is 30.3 Å². The largest absolute Gasteiger partial charge is 0.451 e. The van der Waals surface area contributed by atoms with Crippen LogP contribution in [0.4, 0.5) is 10.1 Å². The average Bonchev–Trinajstić information content (AvgIpc) is 2.98. The minimum absolute atomic E-state index is 0.00970. The number of rotatable bonds is 8. The Morgan fingerprint density at radius 1 is 1.12 bits per heavy atom. The second kappa shape index (κ2) is 11.2. The lowest BCUT2D eigenvalue weighted by Gasteiger charge is -2.29. The first kappa shape index (κ1) is 26.8. The first-order chi connectivity index (χ1) is 19.9. The van der Waals surface area contributed by atoms with E-state index in [1.807, 2.05) is 60.0 Å². The van der Waals surface area contributed by atoms with Crippen LogP contribution in [0.3, 0.4) is 0 Å². The number of benzene rings is 3. The summed E-state index contributed by atoms with van der Waals surface area (Å²) in [6.07, 6.45) is 4.95. The molecule has 3 heterocycles. The molecule has 1 saturated heterocycles. The Hall–Kier alpha value is -4.44. The van der Waals surface area contributed by atoms with Crippen molar-refractivity contribution in [2.45, 2.75) is 12.8 Å². The maximum Gasteiger partial charge on any atom is 0.259 e. The quantitative estimate of drug-likeness (QED) is 0.170. The third kappa shape index (κ3) is 4.99. The van der Waals surface area contributed by atoms with Crippen LogP contribution in [-0.2, 0) is 4.74 Å². The van der Waals surface area contributed by atoms with Gasteiger partial charge >= 0.3 is 0 Å². The Labute approximate surface area is 236 Å². The molecule has 2 aliphatic rings. The number of halogens is 1. The van der Waals surface area contributed by atoms with E-state index in [4.69, 9.17) is 9.47 Å². The van der Waals surface area contributed by atoms with Crippen molar-refractivity contribution >= 4 is 39.6 Å². The molecule has 0 saturated carbocycles. The Morgan fingerprint density at radius 2 is 1.93 bits per heavy atom. The Morgan fingerprint density at radius 3 is 2.73 bits per heavy atom. The highest BCUT2D eigenvalue weighted by Gasteiger charge is 2.31. The minimum atomic E-state index is -0.609. The van der Waals surface area contributed by atoms with Crippen LogP contribution in [0.1, 0.15) is 23.2 Å². The van der Waals surface area contributed by atoms with Gasteiger partial charge in [-0.25, -0.2) is 4.39 Å².